The summed E-state index contributed by atoms with van der Waals surface area (Å²) in [5.41, 5.74) is 0. The van der Waals surface area contributed by atoms with E-state index in [0.717, 1.165) is 39.1 Å². The molecule has 3 rings (SSSR count). The first-order valence-electron chi connectivity index (χ1n) is 7.27. The van der Waals surface area contributed by atoms with E-state index in [1.807, 2.05) is 0 Å². The first-order valence-corrected chi connectivity index (χ1v) is 7.27. The molecule has 1 N–H and O–H groups in total. The van der Waals surface area contributed by atoms with E-state index in [1.54, 1.807) is 0 Å². The van der Waals surface area contributed by atoms with Crippen molar-refractivity contribution in [2.24, 2.45) is 0 Å². The van der Waals surface area contributed by atoms with Crippen molar-refractivity contribution in [3.63, 3.8) is 0 Å². The summed E-state index contributed by atoms with van der Waals surface area (Å²) in [7, 11) is 0. The Bertz CT molecular complexity index is 379. The Kier molecular flexibility index (Phi) is 3.90. The summed E-state index contributed by atoms with van der Waals surface area (Å²) in [5.74, 6) is 2.38. The summed E-state index contributed by atoms with van der Waals surface area (Å²) < 4.78 is 2.37. The van der Waals surface area contributed by atoms with Gasteiger partial charge in [-0.1, -0.05) is 6.42 Å². The molecule has 0 radical (unpaired) electrons. The molecule has 1 fully saturated rings. The standard InChI is InChI=1S/C13H23N5/c1-2-5-12-15-16-13(18(12)9-3-1)11-17-8-4-6-14-7-10-17/h14H,1-11H2. The molecule has 3 heterocycles. The molecule has 0 aromatic carbocycles. The fourth-order valence-corrected chi connectivity index (χ4v) is 2.92. The van der Waals surface area contributed by atoms with Gasteiger partial charge in [0.05, 0.1) is 6.54 Å². The molecule has 0 aliphatic carbocycles. The van der Waals surface area contributed by atoms with Crippen LogP contribution < -0.4 is 5.32 Å². The lowest BCUT2D eigenvalue weighted by atomic mass is 10.2. The highest BCUT2D eigenvalue weighted by Crippen LogP contribution is 2.15. The predicted molar refractivity (Wildman–Crippen MR) is 70.3 cm³/mol. The van der Waals surface area contributed by atoms with Crippen molar-refractivity contribution < 1.29 is 0 Å². The molecule has 1 saturated heterocycles. The van der Waals surface area contributed by atoms with Gasteiger partial charge in [-0.05, 0) is 32.4 Å². The highest BCUT2D eigenvalue weighted by Gasteiger charge is 2.17. The van der Waals surface area contributed by atoms with E-state index in [4.69, 9.17) is 0 Å². The number of aryl methyl sites for hydroxylation is 1. The zero-order valence-electron chi connectivity index (χ0n) is 11.1. The summed E-state index contributed by atoms with van der Waals surface area (Å²) in [6, 6.07) is 0. The largest absolute Gasteiger partial charge is 0.315 e. The molecular weight excluding hydrogens is 226 g/mol. The van der Waals surface area contributed by atoms with E-state index in [2.05, 4.69) is 25.0 Å². The van der Waals surface area contributed by atoms with Crippen molar-refractivity contribution in [1.82, 2.24) is 25.0 Å². The molecule has 18 heavy (non-hydrogen) atoms. The third-order valence-electron chi connectivity index (χ3n) is 3.98. The lowest BCUT2D eigenvalue weighted by Crippen LogP contribution is -2.29. The van der Waals surface area contributed by atoms with E-state index in [1.165, 1.54) is 43.9 Å². The number of rotatable bonds is 2. The molecule has 5 nitrogen and oxygen atoms in total. The number of aromatic nitrogens is 3. The SMILES string of the molecule is C1CCc2nnc(CN3CCCNCC3)n2CC1. The van der Waals surface area contributed by atoms with Crippen LogP contribution in [0.1, 0.15) is 37.3 Å². The molecular formula is C13H23N5. The van der Waals surface area contributed by atoms with Crippen LogP contribution >= 0.6 is 0 Å². The Morgan fingerprint density at radius 3 is 2.94 bits per heavy atom. The highest BCUT2D eigenvalue weighted by atomic mass is 15.3. The smallest absolute Gasteiger partial charge is 0.147 e. The monoisotopic (exact) mass is 249 g/mol. The molecule has 100 valence electrons. The summed E-state index contributed by atoms with van der Waals surface area (Å²) >= 11 is 0. The van der Waals surface area contributed by atoms with Gasteiger partial charge in [-0.15, -0.1) is 10.2 Å². The zero-order chi connectivity index (χ0) is 12.2. The van der Waals surface area contributed by atoms with Gasteiger partial charge in [-0.3, -0.25) is 4.90 Å². The zero-order valence-corrected chi connectivity index (χ0v) is 11.1. The number of fused-ring (bicyclic) bond motifs is 1. The van der Waals surface area contributed by atoms with Gasteiger partial charge in [0.1, 0.15) is 11.6 Å². The summed E-state index contributed by atoms with van der Waals surface area (Å²) in [5, 5.41) is 12.2. The third-order valence-corrected chi connectivity index (χ3v) is 3.98. The minimum absolute atomic E-state index is 0.967. The van der Waals surface area contributed by atoms with Crippen LogP contribution in [0.4, 0.5) is 0 Å². The molecule has 5 heteroatoms. The molecule has 0 bridgehead atoms. The normalized spacial score (nSPS) is 22.2. The van der Waals surface area contributed by atoms with Crippen molar-refractivity contribution in [2.45, 2.75) is 45.2 Å². The number of hydrogen-bond acceptors (Lipinski definition) is 4. The Labute approximate surface area is 109 Å². The lowest BCUT2D eigenvalue weighted by Gasteiger charge is -2.19. The Hall–Kier alpha value is -0.940. The van der Waals surface area contributed by atoms with Crippen LogP contribution in [0.15, 0.2) is 0 Å². The average Bonchev–Trinajstić information content (AvgIpc) is 2.63. The van der Waals surface area contributed by atoms with Crippen LogP contribution in [0.3, 0.4) is 0 Å². The maximum absolute atomic E-state index is 4.42. The lowest BCUT2D eigenvalue weighted by molar-refractivity contribution is 0.272. The molecule has 1 aromatic heterocycles. The predicted octanol–water partition coefficient (Wildman–Crippen LogP) is 0.800. The molecule has 0 spiro atoms. The van der Waals surface area contributed by atoms with Crippen LogP contribution in [0.2, 0.25) is 0 Å². The summed E-state index contributed by atoms with van der Waals surface area (Å²) in [4.78, 5) is 2.50. The van der Waals surface area contributed by atoms with Crippen molar-refractivity contribution in [3.05, 3.63) is 11.6 Å². The Morgan fingerprint density at radius 1 is 0.944 bits per heavy atom. The van der Waals surface area contributed by atoms with Crippen molar-refractivity contribution in [1.29, 1.82) is 0 Å². The first kappa shape index (κ1) is 12.1. The second kappa shape index (κ2) is 5.80. The van der Waals surface area contributed by atoms with Gasteiger partial charge < -0.3 is 9.88 Å². The van der Waals surface area contributed by atoms with E-state index in [0.29, 0.717) is 0 Å². The van der Waals surface area contributed by atoms with Crippen LogP contribution in [0.25, 0.3) is 0 Å². The van der Waals surface area contributed by atoms with Gasteiger partial charge in [0, 0.05) is 26.1 Å². The maximum atomic E-state index is 4.42. The topological polar surface area (TPSA) is 46.0 Å². The van der Waals surface area contributed by atoms with Crippen LogP contribution in [0, 0.1) is 0 Å². The van der Waals surface area contributed by atoms with Gasteiger partial charge >= 0.3 is 0 Å². The fraction of sp³-hybridized carbons (Fsp3) is 0.846. The van der Waals surface area contributed by atoms with Gasteiger partial charge in [0.25, 0.3) is 0 Å². The quantitative estimate of drug-likeness (QED) is 0.842. The number of nitrogens with one attached hydrogen (secondary N) is 1. The molecule has 2 aliphatic rings. The van der Waals surface area contributed by atoms with Crippen molar-refractivity contribution in [2.75, 3.05) is 26.2 Å². The van der Waals surface area contributed by atoms with Crippen LogP contribution in [-0.4, -0.2) is 45.8 Å². The number of hydrogen-bond donors (Lipinski definition) is 1. The van der Waals surface area contributed by atoms with Crippen molar-refractivity contribution >= 4 is 0 Å². The van der Waals surface area contributed by atoms with Crippen LogP contribution in [0.5, 0.6) is 0 Å². The van der Waals surface area contributed by atoms with Crippen LogP contribution in [-0.2, 0) is 19.5 Å². The molecule has 0 saturated carbocycles. The minimum Gasteiger partial charge on any atom is -0.315 e. The van der Waals surface area contributed by atoms with Gasteiger partial charge in [-0.2, -0.15) is 0 Å². The van der Waals surface area contributed by atoms with E-state index >= 15 is 0 Å². The average molecular weight is 249 g/mol. The first-order chi connectivity index (χ1) is 8.93. The molecule has 0 amide bonds. The summed E-state index contributed by atoms with van der Waals surface area (Å²) in [6.45, 7) is 6.63. The molecule has 2 aliphatic heterocycles. The van der Waals surface area contributed by atoms with E-state index < -0.39 is 0 Å². The third kappa shape index (κ3) is 2.72. The van der Waals surface area contributed by atoms with Gasteiger partial charge in [0.15, 0.2) is 0 Å². The second-order valence-corrected chi connectivity index (χ2v) is 5.37. The van der Waals surface area contributed by atoms with Gasteiger partial charge in [0.2, 0.25) is 0 Å². The highest BCUT2D eigenvalue weighted by molar-refractivity contribution is 4.98. The Morgan fingerprint density at radius 2 is 1.94 bits per heavy atom. The molecule has 0 unspecified atom stereocenters. The van der Waals surface area contributed by atoms with Gasteiger partial charge in [-0.25, -0.2) is 0 Å². The molecule has 1 aromatic rings. The summed E-state index contributed by atoms with van der Waals surface area (Å²) in [6.07, 6.45) is 6.22. The number of nitrogens with zero attached hydrogens (tertiary/aromatic N) is 4. The Balaban J connectivity index is 1.70. The van der Waals surface area contributed by atoms with E-state index in [9.17, 15) is 0 Å². The van der Waals surface area contributed by atoms with E-state index in [-0.39, 0.29) is 0 Å². The fourth-order valence-electron chi connectivity index (χ4n) is 2.92. The maximum Gasteiger partial charge on any atom is 0.147 e. The van der Waals surface area contributed by atoms with Crippen molar-refractivity contribution in [3.8, 4) is 0 Å². The molecule has 0 atom stereocenters. The second-order valence-electron chi connectivity index (χ2n) is 5.37. The minimum atomic E-state index is 0.967.